The third-order valence-electron chi connectivity index (χ3n) is 4.35. The number of hydrogen-bond acceptors (Lipinski definition) is 4. The minimum absolute atomic E-state index is 0.559. The van der Waals surface area contributed by atoms with Crippen molar-refractivity contribution in [3.05, 3.63) is 65.5 Å². The molecule has 0 saturated carbocycles. The molecule has 0 atom stereocenters. The molecule has 152 valence electrons. The van der Waals surface area contributed by atoms with Crippen LogP contribution in [0, 0.1) is 6.92 Å². The molecule has 0 aliphatic rings. The maximum Gasteiger partial charge on any atom is 0.191 e. The summed E-state index contributed by atoms with van der Waals surface area (Å²) in [6.45, 7) is 8.75. The zero-order valence-corrected chi connectivity index (χ0v) is 17.2. The molecule has 3 rings (SSSR count). The molecule has 3 aromatic rings. The number of aliphatic imine (C=N–C) groups is 1. The molecule has 1 heterocycles. The van der Waals surface area contributed by atoms with E-state index >= 15 is 0 Å². The lowest BCUT2D eigenvalue weighted by Crippen LogP contribution is -2.36. The van der Waals surface area contributed by atoms with Gasteiger partial charge >= 0.3 is 0 Å². The molecule has 0 radical (unpaired) electrons. The van der Waals surface area contributed by atoms with Crippen LogP contribution in [0.15, 0.2) is 53.8 Å². The van der Waals surface area contributed by atoms with Crippen molar-refractivity contribution in [3.63, 3.8) is 0 Å². The average Bonchev–Trinajstić information content (AvgIpc) is 3.27. The maximum absolute atomic E-state index is 5.77. The number of nitrogens with zero attached hydrogens (tertiary/aromatic N) is 3. The Bertz CT molecular complexity index is 936. The van der Waals surface area contributed by atoms with Crippen molar-refractivity contribution in [1.29, 1.82) is 0 Å². The van der Waals surface area contributed by atoms with Crippen LogP contribution in [0.5, 0.6) is 5.75 Å². The number of rotatable bonds is 8. The molecule has 2 aromatic carbocycles. The summed E-state index contributed by atoms with van der Waals surface area (Å²) in [7, 11) is 0. The molecule has 29 heavy (non-hydrogen) atoms. The van der Waals surface area contributed by atoms with E-state index in [0.717, 1.165) is 40.8 Å². The Labute approximate surface area is 171 Å². The summed E-state index contributed by atoms with van der Waals surface area (Å²) in [5, 5.41) is 13.5. The van der Waals surface area contributed by atoms with E-state index in [1.807, 2.05) is 19.1 Å². The summed E-state index contributed by atoms with van der Waals surface area (Å²) < 4.78 is 5.77. The number of hydrogen-bond donors (Lipinski definition) is 3. The van der Waals surface area contributed by atoms with Gasteiger partial charge in [-0.25, -0.2) is 9.98 Å². The van der Waals surface area contributed by atoms with Gasteiger partial charge in [0.2, 0.25) is 0 Å². The number of aromatic amines is 1. The van der Waals surface area contributed by atoms with Crippen LogP contribution < -0.4 is 15.4 Å². The third-order valence-corrected chi connectivity index (χ3v) is 4.35. The number of benzene rings is 2. The van der Waals surface area contributed by atoms with Gasteiger partial charge in [-0.1, -0.05) is 30.3 Å². The lowest BCUT2D eigenvalue weighted by molar-refractivity contribution is 0.336. The summed E-state index contributed by atoms with van der Waals surface area (Å²) in [6, 6.07) is 14.4. The van der Waals surface area contributed by atoms with Crippen molar-refractivity contribution in [2.24, 2.45) is 4.99 Å². The minimum Gasteiger partial charge on any atom is -0.494 e. The van der Waals surface area contributed by atoms with Gasteiger partial charge in [0.05, 0.1) is 13.2 Å². The SMILES string of the molecule is CCNC(=NCc1cccc(-c2ncn[nH]2)c1)NCc1ccc(C)cc1OCC. The van der Waals surface area contributed by atoms with E-state index in [0.29, 0.717) is 19.7 Å². The first-order valence-corrected chi connectivity index (χ1v) is 9.88. The number of aromatic nitrogens is 3. The highest BCUT2D eigenvalue weighted by atomic mass is 16.5. The first kappa shape index (κ1) is 20.4. The Balaban J connectivity index is 1.69. The lowest BCUT2D eigenvalue weighted by Gasteiger charge is -2.15. The molecule has 0 aliphatic heterocycles. The Kier molecular flexibility index (Phi) is 7.22. The van der Waals surface area contributed by atoms with Gasteiger partial charge in [0, 0.05) is 24.2 Å². The van der Waals surface area contributed by atoms with Crippen LogP contribution >= 0.6 is 0 Å². The standard InChI is InChI=1S/C22H28N6O/c1-4-23-22(25-14-19-10-9-16(3)11-20(19)29-5-2)24-13-17-7-6-8-18(12-17)21-26-15-27-28-21/h6-12,15H,4-5,13-14H2,1-3H3,(H2,23,24,25)(H,26,27,28). The Morgan fingerprint density at radius 2 is 2.03 bits per heavy atom. The zero-order chi connectivity index (χ0) is 20.5. The molecule has 1 aromatic heterocycles. The molecule has 0 spiro atoms. The summed E-state index contributed by atoms with van der Waals surface area (Å²) in [4.78, 5) is 8.93. The van der Waals surface area contributed by atoms with E-state index in [4.69, 9.17) is 9.73 Å². The van der Waals surface area contributed by atoms with Crippen molar-refractivity contribution in [2.45, 2.75) is 33.9 Å². The van der Waals surface area contributed by atoms with E-state index < -0.39 is 0 Å². The van der Waals surface area contributed by atoms with Crippen LogP contribution in [-0.2, 0) is 13.1 Å². The molecule has 0 aliphatic carbocycles. The molecule has 0 unspecified atom stereocenters. The van der Waals surface area contributed by atoms with Crippen LogP contribution in [0.4, 0.5) is 0 Å². The van der Waals surface area contributed by atoms with Gasteiger partial charge in [-0.3, -0.25) is 5.10 Å². The van der Waals surface area contributed by atoms with Crippen LogP contribution in [0.2, 0.25) is 0 Å². The molecular weight excluding hydrogens is 364 g/mol. The smallest absolute Gasteiger partial charge is 0.191 e. The summed E-state index contributed by atoms with van der Waals surface area (Å²) >= 11 is 0. The van der Waals surface area contributed by atoms with E-state index in [-0.39, 0.29) is 0 Å². The number of H-pyrrole nitrogens is 1. The quantitative estimate of drug-likeness (QED) is 0.404. The number of ether oxygens (including phenoxy) is 1. The van der Waals surface area contributed by atoms with Gasteiger partial charge in [0.1, 0.15) is 12.1 Å². The third kappa shape index (κ3) is 5.81. The maximum atomic E-state index is 5.77. The molecule has 7 nitrogen and oxygen atoms in total. The highest BCUT2D eigenvalue weighted by Crippen LogP contribution is 2.20. The van der Waals surface area contributed by atoms with E-state index in [2.05, 4.69) is 70.0 Å². The molecule has 7 heteroatoms. The summed E-state index contributed by atoms with van der Waals surface area (Å²) in [5.74, 6) is 2.43. The van der Waals surface area contributed by atoms with Gasteiger partial charge in [-0.15, -0.1) is 0 Å². The number of aryl methyl sites for hydroxylation is 1. The predicted molar refractivity (Wildman–Crippen MR) is 116 cm³/mol. The van der Waals surface area contributed by atoms with Gasteiger partial charge in [0.15, 0.2) is 11.8 Å². The van der Waals surface area contributed by atoms with Gasteiger partial charge in [-0.05, 0) is 44.0 Å². The second-order valence-electron chi connectivity index (χ2n) is 6.63. The first-order valence-electron chi connectivity index (χ1n) is 9.88. The zero-order valence-electron chi connectivity index (χ0n) is 17.2. The molecule has 3 N–H and O–H groups in total. The topological polar surface area (TPSA) is 87.2 Å². The normalized spacial score (nSPS) is 11.3. The second kappa shape index (κ2) is 10.3. The fraction of sp³-hybridized carbons (Fsp3) is 0.318. The van der Waals surface area contributed by atoms with E-state index in [9.17, 15) is 0 Å². The minimum atomic E-state index is 0.559. The van der Waals surface area contributed by atoms with Gasteiger partial charge < -0.3 is 15.4 Å². The fourth-order valence-electron chi connectivity index (χ4n) is 2.95. The van der Waals surface area contributed by atoms with E-state index in [1.54, 1.807) is 0 Å². The summed E-state index contributed by atoms with van der Waals surface area (Å²) in [5.41, 5.74) is 4.38. The number of nitrogens with one attached hydrogen (secondary N) is 3. The van der Waals surface area contributed by atoms with Crippen molar-refractivity contribution in [3.8, 4) is 17.1 Å². The highest BCUT2D eigenvalue weighted by molar-refractivity contribution is 5.79. The fourth-order valence-corrected chi connectivity index (χ4v) is 2.95. The van der Waals surface area contributed by atoms with Crippen LogP contribution in [-0.4, -0.2) is 34.3 Å². The van der Waals surface area contributed by atoms with Gasteiger partial charge in [-0.2, -0.15) is 5.10 Å². The molecule has 0 fully saturated rings. The summed E-state index contributed by atoms with van der Waals surface area (Å²) in [6.07, 6.45) is 1.51. The van der Waals surface area contributed by atoms with Crippen molar-refractivity contribution in [1.82, 2.24) is 25.8 Å². The van der Waals surface area contributed by atoms with Crippen molar-refractivity contribution >= 4 is 5.96 Å². The lowest BCUT2D eigenvalue weighted by atomic mass is 10.1. The Morgan fingerprint density at radius 1 is 1.14 bits per heavy atom. The second-order valence-corrected chi connectivity index (χ2v) is 6.63. The highest BCUT2D eigenvalue weighted by Gasteiger charge is 2.06. The van der Waals surface area contributed by atoms with Gasteiger partial charge in [0.25, 0.3) is 0 Å². The van der Waals surface area contributed by atoms with Crippen molar-refractivity contribution in [2.75, 3.05) is 13.2 Å². The predicted octanol–water partition coefficient (Wildman–Crippen LogP) is 3.43. The molecular formula is C22H28N6O. The van der Waals surface area contributed by atoms with Crippen LogP contribution in [0.25, 0.3) is 11.4 Å². The monoisotopic (exact) mass is 392 g/mol. The Hall–Kier alpha value is -3.35. The first-order chi connectivity index (χ1) is 14.2. The average molecular weight is 393 g/mol. The molecule has 0 saturated heterocycles. The van der Waals surface area contributed by atoms with Crippen LogP contribution in [0.1, 0.15) is 30.5 Å². The molecule has 0 bridgehead atoms. The molecule has 0 amide bonds. The van der Waals surface area contributed by atoms with E-state index in [1.165, 1.54) is 11.9 Å². The number of guanidine groups is 1. The van der Waals surface area contributed by atoms with Crippen LogP contribution in [0.3, 0.4) is 0 Å². The Morgan fingerprint density at radius 3 is 2.79 bits per heavy atom. The largest absolute Gasteiger partial charge is 0.494 e. The van der Waals surface area contributed by atoms with Crippen molar-refractivity contribution < 1.29 is 4.74 Å².